The molecule has 15 heavy (non-hydrogen) atoms. The highest BCUT2D eigenvalue weighted by Crippen LogP contribution is 2.31. The third-order valence-electron chi connectivity index (χ3n) is 2.27. The fraction of sp³-hybridized carbons (Fsp3) is 0.222. The Morgan fingerprint density at radius 3 is 2.20 bits per heavy atom. The van der Waals surface area contributed by atoms with Crippen molar-refractivity contribution < 1.29 is 9.59 Å². The van der Waals surface area contributed by atoms with Gasteiger partial charge in [0.25, 0.3) is 11.8 Å². The number of halogens is 1. The molecule has 1 aromatic rings. The molecule has 0 N–H and O–H groups in total. The zero-order valence-electron chi connectivity index (χ0n) is 8.07. The van der Waals surface area contributed by atoms with Crippen molar-refractivity contribution in [2.75, 3.05) is 4.90 Å². The molecule has 0 unspecified atom stereocenters. The fourth-order valence-electron chi connectivity index (χ4n) is 1.27. The predicted octanol–water partition coefficient (Wildman–Crippen LogP) is 2.12. The smallest absolute Gasteiger partial charge is 0.263 e. The number of carbonyl (C=O) groups excluding carboxylic acids is 2. The lowest BCUT2D eigenvalue weighted by molar-refractivity contribution is -0.120. The molecule has 1 aliphatic rings. The van der Waals surface area contributed by atoms with Gasteiger partial charge in [0, 0.05) is 11.1 Å². The number of thiazole rings is 1. The molecule has 0 aromatic carbocycles. The maximum atomic E-state index is 11.7. The molecule has 1 aliphatic heterocycles. The Hall–Kier alpha value is -1.01. The molecule has 0 radical (unpaired) electrons. The first-order valence-electron chi connectivity index (χ1n) is 4.20. The van der Waals surface area contributed by atoms with Gasteiger partial charge >= 0.3 is 0 Å². The van der Waals surface area contributed by atoms with Crippen LogP contribution in [0.3, 0.4) is 0 Å². The van der Waals surface area contributed by atoms with Crippen LogP contribution in [0.1, 0.15) is 13.8 Å². The third kappa shape index (κ3) is 1.53. The summed E-state index contributed by atoms with van der Waals surface area (Å²) in [5, 5.41) is 0.410. The Kier molecular flexibility index (Phi) is 2.47. The van der Waals surface area contributed by atoms with Crippen molar-refractivity contribution in [1.82, 2.24) is 4.98 Å². The molecule has 2 amide bonds. The molecular weight excluding hydrogens is 280 g/mol. The first-order chi connectivity index (χ1) is 7.02. The van der Waals surface area contributed by atoms with Gasteiger partial charge in [0.2, 0.25) is 5.13 Å². The summed E-state index contributed by atoms with van der Waals surface area (Å²) in [5.41, 5.74) is 0.984. The maximum Gasteiger partial charge on any atom is 0.263 e. The number of rotatable bonds is 1. The molecule has 2 rings (SSSR count). The van der Waals surface area contributed by atoms with Crippen molar-refractivity contribution in [3.8, 4) is 0 Å². The van der Waals surface area contributed by atoms with E-state index in [9.17, 15) is 9.59 Å². The molecule has 6 heteroatoms. The van der Waals surface area contributed by atoms with Gasteiger partial charge in [0.1, 0.15) is 0 Å². The summed E-state index contributed by atoms with van der Waals surface area (Å²) in [6.07, 6.45) is 1.57. The summed E-state index contributed by atoms with van der Waals surface area (Å²) in [6.45, 7) is 3.30. The average molecular weight is 287 g/mol. The van der Waals surface area contributed by atoms with Crippen LogP contribution < -0.4 is 4.90 Å². The Morgan fingerprint density at radius 2 is 1.80 bits per heavy atom. The molecule has 0 atom stereocenters. The van der Waals surface area contributed by atoms with E-state index in [4.69, 9.17) is 0 Å². The maximum absolute atomic E-state index is 11.7. The second kappa shape index (κ2) is 3.53. The standard InChI is InChI=1S/C9H7BrN2O2S/c1-4-5(2)8(14)12(7(4)13)9-11-3-6(10)15-9/h3H,1-2H3. The largest absolute Gasteiger partial charge is 0.268 e. The van der Waals surface area contributed by atoms with Gasteiger partial charge in [-0.15, -0.1) is 0 Å². The van der Waals surface area contributed by atoms with Crippen molar-refractivity contribution >= 4 is 44.2 Å². The molecule has 0 saturated heterocycles. The molecule has 0 saturated carbocycles. The van der Waals surface area contributed by atoms with E-state index >= 15 is 0 Å². The number of hydrogen-bond donors (Lipinski definition) is 0. The predicted molar refractivity (Wildman–Crippen MR) is 60.7 cm³/mol. The number of anilines is 1. The molecule has 0 bridgehead atoms. The van der Waals surface area contributed by atoms with Gasteiger partial charge in [-0.25, -0.2) is 9.88 Å². The average Bonchev–Trinajstić information content (AvgIpc) is 2.68. The van der Waals surface area contributed by atoms with E-state index in [-0.39, 0.29) is 11.8 Å². The van der Waals surface area contributed by atoms with Crippen molar-refractivity contribution in [2.24, 2.45) is 0 Å². The first-order valence-corrected chi connectivity index (χ1v) is 5.81. The third-order valence-corrected chi connectivity index (χ3v) is 3.73. The molecule has 78 valence electrons. The molecular formula is C9H7BrN2O2S. The van der Waals surface area contributed by atoms with E-state index in [0.717, 1.165) is 8.69 Å². The monoisotopic (exact) mass is 286 g/mol. The van der Waals surface area contributed by atoms with Crippen LogP contribution in [0.4, 0.5) is 5.13 Å². The van der Waals surface area contributed by atoms with E-state index in [1.54, 1.807) is 20.0 Å². The number of nitrogens with zero attached hydrogens (tertiary/aromatic N) is 2. The van der Waals surface area contributed by atoms with Crippen LogP contribution in [0, 0.1) is 0 Å². The van der Waals surface area contributed by atoms with Crippen molar-refractivity contribution in [3.63, 3.8) is 0 Å². The van der Waals surface area contributed by atoms with Crippen LogP contribution in [0.15, 0.2) is 21.1 Å². The van der Waals surface area contributed by atoms with Crippen molar-refractivity contribution in [1.29, 1.82) is 0 Å². The van der Waals surface area contributed by atoms with Crippen LogP contribution in [-0.2, 0) is 9.59 Å². The van der Waals surface area contributed by atoms with Gasteiger partial charge in [-0.2, -0.15) is 0 Å². The topological polar surface area (TPSA) is 50.3 Å². The van der Waals surface area contributed by atoms with E-state index in [0.29, 0.717) is 16.3 Å². The minimum Gasteiger partial charge on any atom is -0.268 e. The number of aromatic nitrogens is 1. The number of imide groups is 1. The summed E-state index contributed by atoms with van der Waals surface area (Å²) in [7, 11) is 0. The van der Waals surface area contributed by atoms with Gasteiger partial charge < -0.3 is 0 Å². The van der Waals surface area contributed by atoms with Crippen LogP contribution >= 0.6 is 27.3 Å². The molecule has 0 spiro atoms. The molecule has 1 aromatic heterocycles. The lowest BCUT2D eigenvalue weighted by Crippen LogP contribution is -2.31. The summed E-state index contributed by atoms with van der Waals surface area (Å²) >= 11 is 4.50. The summed E-state index contributed by atoms with van der Waals surface area (Å²) in [6, 6.07) is 0. The van der Waals surface area contributed by atoms with Crippen LogP contribution in [0.2, 0.25) is 0 Å². The van der Waals surface area contributed by atoms with Gasteiger partial charge in [-0.05, 0) is 29.8 Å². The lowest BCUT2D eigenvalue weighted by atomic mass is 10.2. The molecule has 0 aliphatic carbocycles. The highest BCUT2D eigenvalue weighted by Gasteiger charge is 2.36. The zero-order chi connectivity index (χ0) is 11.2. The Morgan fingerprint density at radius 1 is 1.27 bits per heavy atom. The Balaban J connectivity index is 2.43. The van der Waals surface area contributed by atoms with Crippen molar-refractivity contribution in [2.45, 2.75) is 13.8 Å². The minimum absolute atomic E-state index is 0.278. The molecule has 2 heterocycles. The second-order valence-electron chi connectivity index (χ2n) is 3.14. The quantitative estimate of drug-likeness (QED) is 0.743. The lowest BCUT2D eigenvalue weighted by Gasteiger charge is -2.09. The zero-order valence-corrected chi connectivity index (χ0v) is 10.5. The normalized spacial score (nSPS) is 16.9. The molecule has 4 nitrogen and oxygen atoms in total. The van der Waals surface area contributed by atoms with Gasteiger partial charge in [0.15, 0.2) is 0 Å². The SMILES string of the molecule is CC1=C(C)C(=O)N(c2ncc(Br)s2)C1=O. The Bertz CT molecular complexity index is 468. The first kappa shape index (κ1) is 10.5. The van der Waals surface area contributed by atoms with Gasteiger partial charge in [0.05, 0.1) is 9.98 Å². The number of hydrogen-bond acceptors (Lipinski definition) is 4. The number of amides is 2. The minimum atomic E-state index is -0.278. The van der Waals surface area contributed by atoms with E-state index < -0.39 is 0 Å². The van der Waals surface area contributed by atoms with Crippen molar-refractivity contribution in [3.05, 3.63) is 21.1 Å². The molecule has 0 fully saturated rings. The van der Waals surface area contributed by atoms with E-state index in [1.165, 1.54) is 11.3 Å². The fourth-order valence-corrected chi connectivity index (χ4v) is 2.45. The van der Waals surface area contributed by atoms with Crippen LogP contribution in [-0.4, -0.2) is 16.8 Å². The Labute approximate surface area is 98.7 Å². The van der Waals surface area contributed by atoms with E-state index in [1.807, 2.05) is 0 Å². The summed E-state index contributed by atoms with van der Waals surface area (Å²) in [5.74, 6) is -0.557. The highest BCUT2D eigenvalue weighted by molar-refractivity contribution is 9.11. The van der Waals surface area contributed by atoms with Gasteiger partial charge in [-0.1, -0.05) is 11.3 Å². The summed E-state index contributed by atoms with van der Waals surface area (Å²) < 4.78 is 0.792. The number of carbonyl (C=O) groups is 2. The summed E-state index contributed by atoms with van der Waals surface area (Å²) in [4.78, 5) is 28.6. The van der Waals surface area contributed by atoms with E-state index in [2.05, 4.69) is 20.9 Å². The second-order valence-corrected chi connectivity index (χ2v) is 5.53. The van der Waals surface area contributed by atoms with Crippen LogP contribution in [0.25, 0.3) is 0 Å². The van der Waals surface area contributed by atoms with Gasteiger partial charge in [-0.3, -0.25) is 9.59 Å². The van der Waals surface area contributed by atoms with Crippen LogP contribution in [0.5, 0.6) is 0 Å². The highest BCUT2D eigenvalue weighted by atomic mass is 79.9.